The number of carbonyl (C=O) groups excluding carboxylic acids is 1. The molecular weight excluding hydrogens is 260 g/mol. The van der Waals surface area contributed by atoms with Gasteiger partial charge in [0.25, 0.3) is 0 Å². The zero-order valence-corrected chi connectivity index (χ0v) is 12.7. The summed E-state index contributed by atoms with van der Waals surface area (Å²) in [5.74, 6) is 0.143. The number of benzene rings is 2. The quantitative estimate of drug-likeness (QED) is 0.872. The van der Waals surface area contributed by atoms with Gasteiger partial charge in [0.1, 0.15) is 0 Å². The Morgan fingerprint density at radius 3 is 2.38 bits per heavy atom. The third kappa shape index (κ3) is 4.09. The fraction of sp³-hybridized carbons (Fsp3) is 0.278. The van der Waals surface area contributed by atoms with Crippen molar-refractivity contribution in [3.63, 3.8) is 0 Å². The van der Waals surface area contributed by atoms with Crippen molar-refractivity contribution in [2.24, 2.45) is 0 Å². The molecule has 0 aliphatic heterocycles. The number of nitrogens with zero attached hydrogens (tertiary/aromatic N) is 1. The van der Waals surface area contributed by atoms with Crippen LogP contribution in [0, 0.1) is 6.92 Å². The minimum absolute atomic E-state index is 0.143. The summed E-state index contributed by atoms with van der Waals surface area (Å²) in [6.07, 6.45) is 0.483. The molecule has 0 saturated heterocycles. The van der Waals surface area contributed by atoms with Crippen LogP contribution in [0.4, 0.5) is 11.4 Å². The lowest BCUT2D eigenvalue weighted by Crippen LogP contribution is -2.31. The molecule has 0 bridgehead atoms. The molecule has 0 aliphatic carbocycles. The molecular formula is C18H22N2O. The number of para-hydroxylation sites is 2. The number of anilines is 2. The van der Waals surface area contributed by atoms with Crippen LogP contribution in [0.1, 0.15) is 18.9 Å². The molecule has 2 aromatic carbocycles. The summed E-state index contributed by atoms with van der Waals surface area (Å²) >= 11 is 0. The molecule has 3 nitrogen and oxygen atoms in total. The molecule has 1 amide bonds. The van der Waals surface area contributed by atoms with Gasteiger partial charge in [0.2, 0.25) is 5.91 Å². The minimum atomic E-state index is 0.143. The van der Waals surface area contributed by atoms with E-state index in [1.807, 2.05) is 60.4 Å². The zero-order chi connectivity index (χ0) is 15.1. The molecule has 0 fully saturated rings. The van der Waals surface area contributed by atoms with Crippen LogP contribution >= 0.6 is 0 Å². The average Bonchev–Trinajstić information content (AvgIpc) is 2.51. The van der Waals surface area contributed by atoms with E-state index in [9.17, 15) is 4.79 Å². The van der Waals surface area contributed by atoms with Crippen LogP contribution in [0.15, 0.2) is 54.6 Å². The Morgan fingerprint density at radius 2 is 1.71 bits per heavy atom. The van der Waals surface area contributed by atoms with E-state index < -0.39 is 0 Å². The molecule has 2 aromatic rings. The van der Waals surface area contributed by atoms with Crippen molar-refractivity contribution < 1.29 is 4.79 Å². The molecule has 0 unspecified atom stereocenters. The first-order valence-electron chi connectivity index (χ1n) is 7.37. The van der Waals surface area contributed by atoms with Crippen LogP contribution < -0.4 is 10.2 Å². The molecule has 0 atom stereocenters. The molecule has 21 heavy (non-hydrogen) atoms. The van der Waals surface area contributed by atoms with Crippen molar-refractivity contribution in [3.05, 3.63) is 60.2 Å². The summed E-state index contributed by atoms with van der Waals surface area (Å²) < 4.78 is 0. The van der Waals surface area contributed by atoms with Crippen LogP contribution in [0.2, 0.25) is 0 Å². The maximum absolute atomic E-state index is 12.3. The minimum Gasteiger partial charge on any atom is -0.384 e. The predicted octanol–water partition coefficient (Wildman–Crippen LogP) is 3.85. The summed E-state index contributed by atoms with van der Waals surface area (Å²) in [5, 5.41) is 3.33. The highest BCUT2D eigenvalue weighted by Gasteiger charge is 2.12. The monoisotopic (exact) mass is 282 g/mol. The molecule has 2 rings (SSSR count). The molecule has 0 heterocycles. The zero-order valence-electron chi connectivity index (χ0n) is 12.7. The first-order chi connectivity index (χ1) is 10.2. The van der Waals surface area contributed by atoms with Gasteiger partial charge in [-0.15, -0.1) is 0 Å². The fourth-order valence-electron chi connectivity index (χ4n) is 2.32. The number of amides is 1. The normalized spacial score (nSPS) is 10.2. The Balaban J connectivity index is 1.90. The largest absolute Gasteiger partial charge is 0.384 e. The topological polar surface area (TPSA) is 32.3 Å². The molecule has 110 valence electrons. The molecule has 1 N–H and O–H groups in total. The van der Waals surface area contributed by atoms with E-state index in [-0.39, 0.29) is 5.91 Å². The Labute approximate surface area is 126 Å². The predicted molar refractivity (Wildman–Crippen MR) is 88.8 cm³/mol. The van der Waals surface area contributed by atoms with Crippen molar-refractivity contribution in [1.82, 2.24) is 0 Å². The van der Waals surface area contributed by atoms with Gasteiger partial charge in [0.05, 0.1) is 0 Å². The van der Waals surface area contributed by atoms with Crippen molar-refractivity contribution in [1.29, 1.82) is 0 Å². The molecule has 0 radical (unpaired) electrons. The highest BCUT2D eigenvalue weighted by molar-refractivity contribution is 5.93. The molecule has 0 spiro atoms. The standard InChI is InChI=1S/C18H22N2O/c1-3-20(16-10-5-4-6-11-16)18(21)13-14-19-17-12-8-7-9-15(17)2/h4-12,19H,3,13-14H2,1-2H3. The Hall–Kier alpha value is -2.29. The first-order valence-corrected chi connectivity index (χ1v) is 7.37. The summed E-state index contributed by atoms with van der Waals surface area (Å²) in [7, 11) is 0. The Kier molecular flexibility index (Phi) is 5.38. The second-order valence-electron chi connectivity index (χ2n) is 4.97. The fourth-order valence-corrected chi connectivity index (χ4v) is 2.32. The van der Waals surface area contributed by atoms with E-state index in [0.717, 1.165) is 11.4 Å². The van der Waals surface area contributed by atoms with E-state index in [1.54, 1.807) is 0 Å². The maximum atomic E-state index is 12.3. The van der Waals surface area contributed by atoms with Gasteiger partial charge in [-0.25, -0.2) is 0 Å². The number of aryl methyl sites for hydroxylation is 1. The third-order valence-corrected chi connectivity index (χ3v) is 3.48. The molecule has 3 heteroatoms. The first kappa shape index (κ1) is 15.1. The van der Waals surface area contributed by atoms with Crippen LogP contribution in [-0.2, 0) is 4.79 Å². The van der Waals surface area contributed by atoms with Gasteiger partial charge in [-0.3, -0.25) is 4.79 Å². The van der Waals surface area contributed by atoms with Crippen molar-refractivity contribution >= 4 is 17.3 Å². The number of rotatable bonds is 6. The maximum Gasteiger partial charge on any atom is 0.228 e. The van der Waals surface area contributed by atoms with Gasteiger partial charge in [-0.2, -0.15) is 0 Å². The molecule has 0 aliphatic rings. The van der Waals surface area contributed by atoms with Crippen LogP contribution in [0.25, 0.3) is 0 Å². The number of carbonyl (C=O) groups is 1. The van der Waals surface area contributed by atoms with Gasteiger partial charge < -0.3 is 10.2 Å². The van der Waals surface area contributed by atoms with E-state index >= 15 is 0 Å². The summed E-state index contributed by atoms with van der Waals surface area (Å²) in [5.41, 5.74) is 3.24. The van der Waals surface area contributed by atoms with Crippen molar-refractivity contribution in [3.8, 4) is 0 Å². The number of hydrogen-bond acceptors (Lipinski definition) is 2. The van der Waals surface area contributed by atoms with Gasteiger partial charge in [0.15, 0.2) is 0 Å². The van der Waals surface area contributed by atoms with Crippen LogP contribution in [0.5, 0.6) is 0 Å². The van der Waals surface area contributed by atoms with E-state index in [4.69, 9.17) is 0 Å². The summed E-state index contributed by atoms with van der Waals surface area (Å²) in [6, 6.07) is 17.9. The van der Waals surface area contributed by atoms with Crippen molar-refractivity contribution in [2.45, 2.75) is 20.3 Å². The van der Waals surface area contributed by atoms with Gasteiger partial charge in [-0.1, -0.05) is 36.4 Å². The van der Waals surface area contributed by atoms with Crippen LogP contribution in [-0.4, -0.2) is 19.0 Å². The highest BCUT2D eigenvalue weighted by atomic mass is 16.2. The Morgan fingerprint density at radius 1 is 1.05 bits per heavy atom. The second kappa shape index (κ2) is 7.48. The van der Waals surface area contributed by atoms with E-state index in [2.05, 4.69) is 18.3 Å². The lowest BCUT2D eigenvalue weighted by molar-refractivity contribution is -0.118. The van der Waals surface area contributed by atoms with Gasteiger partial charge in [-0.05, 0) is 37.6 Å². The van der Waals surface area contributed by atoms with Gasteiger partial charge in [0, 0.05) is 30.9 Å². The second-order valence-corrected chi connectivity index (χ2v) is 4.97. The third-order valence-electron chi connectivity index (χ3n) is 3.48. The Bertz CT molecular complexity index is 581. The summed E-state index contributed by atoms with van der Waals surface area (Å²) in [6.45, 7) is 5.40. The van der Waals surface area contributed by atoms with Crippen molar-refractivity contribution in [2.75, 3.05) is 23.3 Å². The van der Waals surface area contributed by atoms with E-state index in [0.29, 0.717) is 19.5 Å². The number of nitrogens with one attached hydrogen (secondary N) is 1. The highest BCUT2D eigenvalue weighted by Crippen LogP contribution is 2.15. The lowest BCUT2D eigenvalue weighted by Gasteiger charge is -2.21. The van der Waals surface area contributed by atoms with Crippen LogP contribution in [0.3, 0.4) is 0 Å². The average molecular weight is 282 g/mol. The number of hydrogen-bond donors (Lipinski definition) is 1. The SMILES string of the molecule is CCN(C(=O)CCNc1ccccc1C)c1ccccc1. The molecule has 0 aromatic heterocycles. The summed E-state index contributed by atoms with van der Waals surface area (Å²) in [4.78, 5) is 14.2. The molecule has 0 saturated carbocycles. The smallest absolute Gasteiger partial charge is 0.228 e. The van der Waals surface area contributed by atoms with E-state index in [1.165, 1.54) is 5.56 Å². The lowest BCUT2D eigenvalue weighted by atomic mass is 10.2. The van der Waals surface area contributed by atoms with Gasteiger partial charge >= 0.3 is 0 Å².